The predicted molar refractivity (Wildman–Crippen MR) is 164 cm³/mol. The molecule has 3 aliphatic rings. The van der Waals surface area contributed by atoms with Crippen LogP contribution in [0.15, 0.2) is 48.7 Å². The minimum absolute atomic E-state index is 0.00528. The fourth-order valence-electron chi connectivity index (χ4n) is 6.71. The lowest BCUT2D eigenvalue weighted by atomic mass is 9.52. The van der Waals surface area contributed by atoms with Gasteiger partial charge in [0, 0.05) is 37.8 Å². The van der Waals surface area contributed by atoms with Crippen LogP contribution in [0.4, 0.5) is 32.6 Å². The first-order valence-corrected chi connectivity index (χ1v) is 15.6. The molecule has 1 aromatic carbocycles. The lowest BCUT2D eigenvalue weighted by Crippen LogP contribution is -2.53. The van der Waals surface area contributed by atoms with Crippen LogP contribution >= 0.6 is 0 Å². The molecule has 0 N–H and O–H groups in total. The number of aryl methyl sites for hydroxylation is 1. The van der Waals surface area contributed by atoms with Gasteiger partial charge >= 0.3 is 12.3 Å². The van der Waals surface area contributed by atoms with E-state index in [1.165, 1.54) is 17.2 Å². The van der Waals surface area contributed by atoms with Crippen LogP contribution in [-0.2, 0) is 23.1 Å². The van der Waals surface area contributed by atoms with Crippen LogP contribution in [0.3, 0.4) is 0 Å². The number of alkyl halides is 5. The highest BCUT2D eigenvalue weighted by Crippen LogP contribution is 2.58. The molecule has 0 unspecified atom stereocenters. The molecule has 3 aliphatic carbocycles. The Morgan fingerprint density at radius 2 is 1.54 bits per heavy atom. The van der Waals surface area contributed by atoms with E-state index in [1.807, 2.05) is 38.1 Å². The molecular weight excluding hydrogens is 607 g/mol. The molecule has 7 nitrogen and oxygen atoms in total. The van der Waals surface area contributed by atoms with E-state index in [1.54, 1.807) is 23.9 Å². The predicted octanol–water partition coefficient (Wildman–Crippen LogP) is 8.96. The van der Waals surface area contributed by atoms with Crippen LogP contribution in [0.25, 0.3) is 11.1 Å². The summed E-state index contributed by atoms with van der Waals surface area (Å²) in [5, 5.41) is 4.09. The van der Waals surface area contributed by atoms with Crippen LogP contribution in [0.2, 0.25) is 0 Å². The average Bonchev–Trinajstić information content (AvgIpc) is 3.39. The van der Waals surface area contributed by atoms with E-state index >= 15 is 0 Å². The first-order chi connectivity index (χ1) is 21.3. The molecule has 1 amide bonds. The van der Waals surface area contributed by atoms with Gasteiger partial charge in [0.25, 0.3) is 5.92 Å². The largest absolute Gasteiger partial charge is 0.491 e. The summed E-state index contributed by atoms with van der Waals surface area (Å²) in [6.45, 7) is 6.44. The summed E-state index contributed by atoms with van der Waals surface area (Å²) in [5.41, 5.74) is -1.44. The number of hydrogen-bond donors (Lipinski definition) is 0. The first-order valence-electron chi connectivity index (χ1n) is 15.6. The highest BCUT2D eigenvalue weighted by atomic mass is 19.4. The molecule has 0 aliphatic heterocycles. The Hall–Kier alpha value is -3.70. The molecule has 0 atom stereocenters. The number of amides is 1. The second-order valence-electron chi connectivity index (χ2n) is 13.8. The van der Waals surface area contributed by atoms with Crippen LogP contribution in [0.5, 0.6) is 5.75 Å². The Morgan fingerprint density at radius 3 is 2.07 bits per heavy atom. The van der Waals surface area contributed by atoms with Crippen molar-refractivity contribution in [3.8, 4) is 16.9 Å². The van der Waals surface area contributed by atoms with Gasteiger partial charge < -0.3 is 9.47 Å². The van der Waals surface area contributed by atoms with Crippen LogP contribution in [-0.4, -0.2) is 45.3 Å². The van der Waals surface area contributed by atoms with Crippen molar-refractivity contribution in [3.63, 3.8) is 0 Å². The van der Waals surface area contributed by atoms with E-state index in [0.29, 0.717) is 44.3 Å². The Balaban J connectivity index is 1.43. The molecular formula is C34H41F5N4O3. The van der Waals surface area contributed by atoms with Gasteiger partial charge in [0.1, 0.15) is 17.3 Å². The van der Waals surface area contributed by atoms with Crippen molar-refractivity contribution in [1.29, 1.82) is 0 Å². The molecule has 3 saturated carbocycles. The van der Waals surface area contributed by atoms with Crippen LogP contribution < -0.4 is 9.64 Å². The number of carbonyl (C=O) groups excluding carboxylic acids is 1. The van der Waals surface area contributed by atoms with E-state index in [2.05, 4.69) is 10.1 Å². The zero-order valence-corrected chi connectivity index (χ0v) is 27.0. The van der Waals surface area contributed by atoms with Crippen LogP contribution in [0.1, 0.15) is 84.5 Å². The van der Waals surface area contributed by atoms with Crippen molar-refractivity contribution in [2.75, 3.05) is 11.4 Å². The Bertz CT molecular complexity index is 1540. The van der Waals surface area contributed by atoms with E-state index in [-0.39, 0.29) is 29.6 Å². The van der Waals surface area contributed by atoms with Crippen LogP contribution in [0, 0.1) is 5.41 Å². The summed E-state index contributed by atoms with van der Waals surface area (Å²) in [6.07, 6.45) is -0.404. The number of anilines is 1. The molecule has 250 valence electrons. The van der Waals surface area contributed by atoms with Gasteiger partial charge in [-0.1, -0.05) is 12.1 Å². The molecule has 46 heavy (non-hydrogen) atoms. The molecule has 0 radical (unpaired) electrons. The molecule has 12 heteroatoms. The number of aromatic nitrogens is 3. The third-order valence-electron chi connectivity index (χ3n) is 9.60. The number of carbonyl (C=O) groups is 1. The number of pyridine rings is 1. The van der Waals surface area contributed by atoms with E-state index in [0.717, 1.165) is 37.6 Å². The number of fused-ring (bicyclic) bond motifs is 3. The SMILES string of the molecule is CC(C)Oc1ccc(-c2ccnc(N(CC34CCC(c5cc(C(C)(F)F)nn5C)(CC3)CC4)C(=O)OC(C)(C)C(F)(F)F)c2)cc1. The monoisotopic (exact) mass is 648 g/mol. The highest BCUT2D eigenvalue weighted by molar-refractivity contribution is 5.88. The Labute approximate surface area is 266 Å². The normalized spacial score (nSPS) is 21.8. The van der Waals surface area contributed by atoms with Gasteiger partial charge in [-0.3, -0.25) is 9.58 Å². The molecule has 3 aromatic rings. The highest BCUT2D eigenvalue weighted by Gasteiger charge is 2.54. The van der Waals surface area contributed by atoms with Crippen molar-refractivity contribution < 1.29 is 36.2 Å². The van der Waals surface area contributed by atoms with Crippen molar-refractivity contribution >= 4 is 11.9 Å². The number of halogens is 5. The van der Waals surface area contributed by atoms with Gasteiger partial charge in [0.15, 0.2) is 0 Å². The number of ether oxygens (including phenoxy) is 2. The molecule has 2 heterocycles. The van der Waals surface area contributed by atoms with Crippen molar-refractivity contribution in [3.05, 3.63) is 60.0 Å². The Morgan fingerprint density at radius 1 is 0.935 bits per heavy atom. The maximum atomic E-state index is 14.1. The van der Waals surface area contributed by atoms with Crippen molar-refractivity contribution in [1.82, 2.24) is 14.8 Å². The summed E-state index contributed by atoms with van der Waals surface area (Å²) >= 11 is 0. The minimum atomic E-state index is -4.78. The lowest BCUT2D eigenvalue weighted by Gasteiger charge is -2.54. The van der Waals surface area contributed by atoms with Gasteiger partial charge in [-0.15, -0.1) is 0 Å². The molecule has 2 aromatic heterocycles. The summed E-state index contributed by atoms with van der Waals surface area (Å²) in [6, 6.07) is 12.3. The maximum absolute atomic E-state index is 14.1. The zero-order chi connectivity index (χ0) is 33.7. The smallest absolute Gasteiger partial charge is 0.427 e. The number of rotatable bonds is 9. The summed E-state index contributed by atoms with van der Waals surface area (Å²) in [7, 11) is 1.68. The third-order valence-corrected chi connectivity index (χ3v) is 9.60. The average molecular weight is 649 g/mol. The standard InChI is InChI=1S/C34H41F5N4O3/c1-22(2)45-25-9-7-23(8-10-25)24-11-18-40-28(19-24)43(29(44)46-30(3,4)34(37,38)39)21-32-12-15-33(16-13-32,17-14-32)27-20-26(31(5,35)36)41-42(27)6/h7-11,18-20,22H,12-17,21H2,1-6H3. The fourth-order valence-corrected chi connectivity index (χ4v) is 6.71. The second kappa shape index (κ2) is 11.8. The van der Waals surface area contributed by atoms with Gasteiger partial charge in [-0.25, -0.2) is 9.78 Å². The number of benzene rings is 1. The molecule has 3 fully saturated rings. The molecule has 6 rings (SSSR count). The quantitative estimate of drug-likeness (QED) is 0.217. The fraction of sp³-hybridized carbons (Fsp3) is 0.559. The van der Waals surface area contributed by atoms with E-state index in [4.69, 9.17) is 9.47 Å². The topological polar surface area (TPSA) is 69.5 Å². The lowest BCUT2D eigenvalue weighted by molar-refractivity contribution is -0.243. The molecule has 0 spiro atoms. The molecule has 2 bridgehead atoms. The first kappa shape index (κ1) is 33.7. The number of hydrogen-bond acceptors (Lipinski definition) is 5. The summed E-state index contributed by atoms with van der Waals surface area (Å²) < 4.78 is 82.0. The summed E-state index contributed by atoms with van der Waals surface area (Å²) in [4.78, 5) is 19.3. The number of nitrogens with zero attached hydrogens (tertiary/aromatic N) is 4. The van der Waals surface area contributed by atoms with Gasteiger partial charge in [-0.05, 0) is 113 Å². The van der Waals surface area contributed by atoms with Gasteiger partial charge in [0.05, 0.1) is 6.10 Å². The minimum Gasteiger partial charge on any atom is -0.491 e. The van der Waals surface area contributed by atoms with Crippen molar-refractivity contribution in [2.24, 2.45) is 12.5 Å². The maximum Gasteiger partial charge on any atom is 0.427 e. The second-order valence-corrected chi connectivity index (χ2v) is 13.8. The van der Waals surface area contributed by atoms with Gasteiger partial charge in [-0.2, -0.15) is 27.1 Å². The third kappa shape index (κ3) is 6.71. The molecule has 0 saturated heterocycles. The summed E-state index contributed by atoms with van der Waals surface area (Å²) in [5.74, 6) is -2.18. The van der Waals surface area contributed by atoms with Crippen molar-refractivity contribution in [2.45, 2.75) is 102 Å². The van der Waals surface area contributed by atoms with E-state index < -0.39 is 29.2 Å². The van der Waals surface area contributed by atoms with Gasteiger partial charge in [0.2, 0.25) is 5.60 Å². The van der Waals surface area contributed by atoms with E-state index in [9.17, 15) is 26.7 Å². The Kier molecular flexibility index (Phi) is 8.66. The zero-order valence-electron chi connectivity index (χ0n) is 27.0.